The highest BCUT2D eigenvalue weighted by Gasteiger charge is 2.49. The fourth-order valence-electron chi connectivity index (χ4n) is 6.55. The first-order valence-electron chi connectivity index (χ1n) is 16.2. The molecule has 14 nitrogen and oxygen atoms in total. The molecule has 4 aromatic rings. The van der Waals surface area contributed by atoms with E-state index in [9.17, 15) is 31.9 Å². The number of nitrogens with zero attached hydrogens (tertiary/aromatic N) is 3. The monoisotopic (exact) mass is 759 g/mol. The summed E-state index contributed by atoms with van der Waals surface area (Å²) >= 11 is 1.24. The maximum absolute atomic E-state index is 14.1. The van der Waals surface area contributed by atoms with Crippen molar-refractivity contribution in [2.75, 3.05) is 35.7 Å². The largest absolute Gasteiger partial charge is 0.586 e. The Bertz CT molecular complexity index is 2200. The summed E-state index contributed by atoms with van der Waals surface area (Å²) in [7, 11) is 1.37. The van der Waals surface area contributed by atoms with Crippen LogP contribution in [0.3, 0.4) is 0 Å². The van der Waals surface area contributed by atoms with E-state index >= 15 is 0 Å². The number of amides is 3. The lowest BCUT2D eigenvalue weighted by molar-refractivity contribution is -0.287. The number of rotatable bonds is 6. The summed E-state index contributed by atoms with van der Waals surface area (Å²) < 4.78 is 84.8. The van der Waals surface area contributed by atoms with Crippen molar-refractivity contribution in [1.82, 2.24) is 9.88 Å². The van der Waals surface area contributed by atoms with Gasteiger partial charge >= 0.3 is 18.7 Å². The molecule has 8 rings (SSSR count). The van der Waals surface area contributed by atoms with Crippen molar-refractivity contribution >= 4 is 56.0 Å². The Morgan fingerprint density at radius 2 is 1.51 bits per heavy atom. The number of piperidine rings is 1. The molecule has 53 heavy (non-hydrogen) atoms. The van der Waals surface area contributed by atoms with Gasteiger partial charge in [0, 0.05) is 30.9 Å². The number of hydrogen-bond donors (Lipinski definition) is 2. The van der Waals surface area contributed by atoms with Gasteiger partial charge in [0.1, 0.15) is 16.9 Å². The Balaban J connectivity index is 1.08. The van der Waals surface area contributed by atoms with Crippen LogP contribution in [0.25, 0.3) is 10.2 Å². The van der Waals surface area contributed by atoms with Gasteiger partial charge in [0.2, 0.25) is 0 Å². The van der Waals surface area contributed by atoms with E-state index in [0.717, 1.165) is 30.7 Å². The van der Waals surface area contributed by atoms with Gasteiger partial charge in [-0.25, -0.2) is 9.78 Å². The van der Waals surface area contributed by atoms with E-state index in [-0.39, 0.29) is 57.9 Å². The van der Waals surface area contributed by atoms with Crippen LogP contribution in [0.1, 0.15) is 47.9 Å². The van der Waals surface area contributed by atoms with Crippen LogP contribution in [0.15, 0.2) is 42.5 Å². The Morgan fingerprint density at radius 1 is 0.868 bits per heavy atom. The molecule has 2 unspecified atom stereocenters. The van der Waals surface area contributed by atoms with Gasteiger partial charge in [0.25, 0.3) is 11.8 Å². The number of anilines is 3. The molecule has 3 amide bonds. The zero-order valence-corrected chi connectivity index (χ0v) is 29.1. The maximum atomic E-state index is 14.1. The molecule has 0 aliphatic carbocycles. The molecule has 4 aliphatic heterocycles. The van der Waals surface area contributed by atoms with E-state index in [2.05, 4.69) is 34.5 Å². The quantitative estimate of drug-likeness (QED) is 0.204. The summed E-state index contributed by atoms with van der Waals surface area (Å²) in [6.07, 6.45) is -7.49. The minimum absolute atomic E-state index is 0.0103. The molecule has 2 bridgehead atoms. The summed E-state index contributed by atoms with van der Waals surface area (Å²) in [5.41, 5.74) is -0.691. The second kappa shape index (κ2) is 11.9. The third-order valence-corrected chi connectivity index (χ3v) is 9.82. The minimum Gasteiger partial charge on any atom is -0.496 e. The zero-order chi connectivity index (χ0) is 37.6. The molecule has 5 heterocycles. The molecule has 3 aromatic carbocycles. The highest BCUT2D eigenvalue weighted by Crippen LogP contribution is 2.47. The lowest BCUT2D eigenvalue weighted by Crippen LogP contribution is -2.70. The normalized spacial score (nSPS) is 20.2. The molecule has 0 saturated carbocycles. The van der Waals surface area contributed by atoms with E-state index in [4.69, 9.17) is 14.5 Å². The third-order valence-electron chi connectivity index (χ3n) is 8.71. The smallest absolute Gasteiger partial charge is 0.496 e. The number of hydrogen-bond acceptors (Lipinski definition) is 12. The average Bonchev–Trinajstić information content (AvgIpc) is 3.72. The number of nitrogens with one attached hydrogen (secondary N) is 2. The number of methoxy groups -OCH3 is 1. The van der Waals surface area contributed by atoms with Crippen LogP contribution >= 0.6 is 11.3 Å². The van der Waals surface area contributed by atoms with Gasteiger partial charge in [0.05, 0.1) is 40.7 Å². The van der Waals surface area contributed by atoms with Crippen molar-refractivity contribution in [3.8, 4) is 28.7 Å². The zero-order valence-electron chi connectivity index (χ0n) is 28.3. The van der Waals surface area contributed by atoms with Crippen LogP contribution in [0.4, 0.5) is 38.9 Å². The van der Waals surface area contributed by atoms with Crippen LogP contribution in [0.5, 0.6) is 28.7 Å². The van der Waals surface area contributed by atoms with Gasteiger partial charge in [0.15, 0.2) is 28.1 Å². The number of carbonyl (C=O) groups excluding carboxylic acids is 3. The Morgan fingerprint density at radius 3 is 2.17 bits per heavy atom. The van der Waals surface area contributed by atoms with E-state index in [1.165, 1.54) is 24.5 Å². The number of likely N-dealkylation sites (tertiary alicyclic amines) is 1. The number of benzene rings is 3. The van der Waals surface area contributed by atoms with E-state index < -0.39 is 41.5 Å². The maximum Gasteiger partial charge on any atom is 0.586 e. The predicted molar refractivity (Wildman–Crippen MR) is 180 cm³/mol. The molecule has 4 aliphatic rings. The Labute approximate surface area is 301 Å². The molecule has 1 aromatic heterocycles. The second-order valence-electron chi connectivity index (χ2n) is 13.6. The van der Waals surface area contributed by atoms with Gasteiger partial charge in [-0.1, -0.05) is 11.3 Å². The number of halogens is 4. The van der Waals surface area contributed by atoms with Crippen LogP contribution in [-0.4, -0.2) is 78.3 Å². The molecular formula is C34H29F4N5O9S. The van der Waals surface area contributed by atoms with E-state index in [1.54, 1.807) is 37.8 Å². The van der Waals surface area contributed by atoms with Crippen molar-refractivity contribution in [3.63, 3.8) is 0 Å². The Kier molecular flexibility index (Phi) is 7.72. The van der Waals surface area contributed by atoms with E-state index in [1.807, 2.05) is 0 Å². The summed E-state index contributed by atoms with van der Waals surface area (Å²) in [4.78, 5) is 49.0. The van der Waals surface area contributed by atoms with Crippen molar-refractivity contribution in [3.05, 3.63) is 53.6 Å². The van der Waals surface area contributed by atoms with Crippen LogP contribution in [-0.2, 0) is 4.74 Å². The first kappa shape index (κ1) is 34.4. The lowest BCUT2D eigenvalue weighted by Gasteiger charge is -2.56. The molecule has 0 radical (unpaired) electrons. The Hall–Kier alpha value is -5.72. The molecular weight excluding hydrogens is 730 g/mol. The fraction of sp³-hybridized carbons (Fsp3) is 0.353. The second-order valence-corrected chi connectivity index (χ2v) is 14.6. The number of ether oxygens (including phenoxy) is 6. The minimum atomic E-state index is -4.05. The van der Waals surface area contributed by atoms with Crippen molar-refractivity contribution in [1.29, 1.82) is 0 Å². The average molecular weight is 760 g/mol. The summed E-state index contributed by atoms with van der Waals surface area (Å²) in [6.45, 7) is 6.29. The molecule has 278 valence electrons. The highest BCUT2D eigenvalue weighted by atomic mass is 32.1. The summed E-state index contributed by atoms with van der Waals surface area (Å²) in [5, 5.41) is 5.72. The van der Waals surface area contributed by atoms with Gasteiger partial charge < -0.3 is 48.9 Å². The predicted octanol–water partition coefficient (Wildman–Crippen LogP) is 6.65. The number of carbonyl (C=O) groups is 3. The van der Waals surface area contributed by atoms with Crippen LogP contribution in [0, 0.1) is 0 Å². The number of piperazine rings is 1. The summed E-state index contributed by atoms with van der Waals surface area (Å²) in [6, 6.07) is 8.66. The third kappa shape index (κ3) is 6.38. The van der Waals surface area contributed by atoms with Gasteiger partial charge in [-0.2, -0.15) is 0 Å². The SMILES string of the molecule is COc1ccc2nc(N3C4CC3CN(C(=O)OC(C)(C)C)C4)sc2c1C(=O)Nc1cc2c(cc1C(=O)Nc1ccc3c(c1)OC(F)(F)O3)OC(F)(F)O2. The van der Waals surface area contributed by atoms with Crippen LogP contribution in [0.2, 0.25) is 0 Å². The first-order chi connectivity index (χ1) is 25.0. The number of aromatic nitrogens is 1. The molecule has 2 saturated heterocycles. The number of fused-ring (bicyclic) bond motifs is 5. The van der Waals surface area contributed by atoms with Crippen molar-refractivity contribution in [2.24, 2.45) is 0 Å². The number of alkyl halides is 4. The van der Waals surface area contributed by atoms with E-state index in [0.29, 0.717) is 28.4 Å². The fourth-order valence-corrected chi connectivity index (χ4v) is 7.80. The first-order valence-corrected chi connectivity index (χ1v) is 17.0. The molecule has 2 N–H and O–H groups in total. The summed E-state index contributed by atoms with van der Waals surface area (Å²) in [5.74, 6) is -3.09. The van der Waals surface area contributed by atoms with Crippen LogP contribution < -0.4 is 39.2 Å². The highest BCUT2D eigenvalue weighted by molar-refractivity contribution is 7.22. The standard InChI is InChI=1S/C34H29F4N5O9S/c1-32(2,3)52-31(46)42-13-16-10-17(14-42)43(16)30-41-19-6-8-22(47-4)26(27(19)53-30)29(45)40-20-12-25-24(50-34(37,38)51-25)11-18(20)28(44)39-15-5-7-21-23(9-15)49-33(35,36)48-21/h5-9,11-12,16-17H,10,13-14H2,1-4H3,(H,39,44)(H,40,45). The molecule has 19 heteroatoms. The van der Waals surface area contributed by atoms with Crippen molar-refractivity contribution < 1.29 is 60.4 Å². The molecule has 2 fully saturated rings. The van der Waals surface area contributed by atoms with Crippen molar-refractivity contribution in [2.45, 2.75) is 57.5 Å². The van der Waals surface area contributed by atoms with Gasteiger partial charge in [-0.05, 0) is 57.5 Å². The van der Waals surface area contributed by atoms with Gasteiger partial charge in [-0.3, -0.25) is 9.59 Å². The number of thiazole rings is 1. The topological polar surface area (TPSA) is 150 Å². The van der Waals surface area contributed by atoms with Gasteiger partial charge in [-0.15, -0.1) is 17.6 Å². The lowest BCUT2D eigenvalue weighted by atomic mass is 9.88. The molecule has 2 atom stereocenters. The molecule has 0 spiro atoms.